The van der Waals surface area contributed by atoms with Crippen LogP contribution >= 0.6 is 0 Å². The molecular formula is C35H28N2O. The molecule has 0 aliphatic heterocycles. The first-order chi connectivity index (χ1) is 21.0. The highest BCUT2D eigenvalue weighted by molar-refractivity contribution is 6.08. The van der Waals surface area contributed by atoms with Gasteiger partial charge in [0, 0.05) is 36.5 Å². The number of pyridine rings is 2. The van der Waals surface area contributed by atoms with Gasteiger partial charge in [-0.3, -0.25) is 4.98 Å². The number of furan rings is 1. The molecule has 0 unspecified atom stereocenters. The zero-order valence-electron chi connectivity index (χ0n) is 26.7. The number of benzene rings is 3. The monoisotopic (exact) mass is 498 g/mol. The van der Waals surface area contributed by atoms with Gasteiger partial charge in [0.1, 0.15) is 5.58 Å². The van der Waals surface area contributed by atoms with E-state index in [1.807, 2.05) is 30.3 Å². The van der Waals surface area contributed by atoms with Crippen LogP contribution in [-0.4, -0.2) is 9.97 Å². The van der Waals surface area contributed by atoms with Crippen LogP contribution in [0.5, 0.6) is 0 Å². The Morgan fingerprint density at radius 1 is 0.737 bits per heavy atom. The Hall–Kier alpha value is -4.24. The fourth-order valence-corrected chi connectivity index (χ4v) is 6.75. The number of aromatic nitrogens is 2. The van der Waals surface area contributed by atoms with E-state index in [1.165, 1.54) is 34.5 Å². The SMILES string of the molecule is [2H]C([2H])([2H])c1ccc2c(n1)oc1c(-c3cc(-c4ccc5c(c4)CC4(Cc6ccccc6C4)C5)c(C([2H])([2H])[2H])cn3)cccc12. The Morgan fingerprint density at radius 2 is 1.55 bits per heavy atom. The summed E-state index contributed by atoms with van der Waals surface area (Å²) in [4.78, 5) is 8.88. The molecule has 3 aromatic heterocycles. The zero-order chi connectivity index (χ0) is 30.4. The lowest BCUT2D eigenvalue weighted by Gasteiger charge is -2.21. The van der Waals surface area contributed by atoms with Crippen molar-refractivity contribution in [1.29, 1.82) is 0 Å². The molecule has 3 heteroatoms. The summed E-state index contributed by atoms with van der Waals surface area (Å²) in [6.07, 6.45) is 5.58. The van der Waals surface area contributed by atoms with Crippen LogP contribution < -0.4 is 0 Å². The molecule has 8 rings (SSSR count). The first kappa shape index (κ1) is 16.6. The number of nitrogens with zero attached hydrogens (tertiary/aromatic N) is 2. The molecule has 0 fully saturated rings. The fourth-order valence-electron chi connectivity index (χ4n) is 6.75. The van der Waals surface area contributed by atoms with E-state index in [-0.39, 0.29) is 22.4 Å². The first-order valence-electron chi connectivity index (χ1n) is 16.0. The molecule has 3 nitrogen and oxygen atoms in total. The molecule has 1 spiro atoms. The molecule has 0 bridgehead atoms. The predicted molar refractivity (Wildman–Crippen MR) is 153 cm³/mol. The number of aryl methyl sites for hydroxylation is 2. The first-order valence-corrected chi connectivity index (χ1v) is 13.0. The minimum Gasteiger partial charge on any atom is -0.437 e. The summed E-state index contributed by atoms with van der Waals surface area (Å²) in [6, 6.07) is 25.8. The summed E-state index contributed by atoms with van der Waals surface area (Å²) >= 11 is 0. The largest absolute Gasteiger partial charge is 0.437 e. The third-order valence-corrected chi connectivity index (χ3v) is 8.44. The minimum atomic E-state index is -2.35. The molecule has 2 aliphatic rings. The van der Waals surface area contributed by atoms with Gasteiger partial charge in [0.15, 0.2) is 0 Å². The summed E-state index contributed by atoms with van der Waals surface area (Å²) in [5, 5.41) is 1.49. The number of fused-ring (bicyclic) bond motifs is 5. The van der Waals surface area contributed by atoms with Gasteiger partial charge in [-0.05, 0) is 108 Å². The molecule has 3 heterocycles. The van der Waals surface area contributed by atoms with Crippen molar-refractivity contribution >= 4 is 22.1 Å². The maximum Gasteiger partial charge on any atom is 0.227 e. The highest BCUT2D eigenvalue weighted by Gasteiger charge is 2.41. The van der Waals surface area contributed by atoms with Gasteiger partial charge in [0.2, 0.25) is 5.71 Å². The van der Waals surface area contributed by atoms with Gasteiger partial charge >= 0.3 is 0 Å². The fraction of sp³-hybridized carbons (Fsp3) is 0.200. The Labute approximate surface area is 230 Å². The van der Waals surface area contributed by atoms with E-state index < -0.39 is 13.7 Å². The average Bonchev–Trinajstić information content (AvgIpc) is 3.66. The molecule has 0 N–H and O–H groups in total. The third kappa shape index (κ3) is 3.28. The van der Waals surface area contributed by atoms with Gasteiger partial charge in [-0.25, -0.2) is 4.98 Å². The van der Waals surface area contributed by atoms with Crippen molar-refractivity contribution in [2.75, 3.05) is 0 Å². The number of hydrogen-bond donors (Lipinski definition) is 0. The van der Waals surface area contributed by atoms with Crippen LogP contribution in [-0.2, 0) is 25.7 Å². The van der Waals surface area contributed by atoms with E-state index in [2.05, 4.69) is 46.4 Å². The topological polar surface area (TPSA) is 38.9 Å². The van der Waals surface area contributed by atoms with Crippen LogP contribution in [0.1, 0.15) is 41.7 Å². The molecule has 0 atom stereocenters. The second-order valence-electron chi connectivity index (χ2n) is 10.9. The Bertz CT molecular complexity index is 2100. The van der Waals surface area contributed by atoms with Crippen molar-refractivity contribution in [3.05, 3.63) is 119 Å². The average molecular weight is 499 g/mol. The maximum atomic E-state index is 8.29. The lowest BCUT2D eigenvalue weighted by Crippen LogP contribution is -2.21. The van der Waals surface area contributed by atoms with E-state index in [9.17, 15) is 0 Å². The zero-order valence-corrected chi connectivity index (χ0v) is 20.7. The van der Waals surface area contributed by atoms with Crippen LogP contribution in [0.3, 0.4) is 0 Å². The molecule has 6 aromatic rings. The maximum absolute atomic E-state index is 8.29. The lowest BCUT2D eigenvalue weighted by molar-refractivity contribution is 0.326. The Balaban J connectivity index is 1.22. The second-order valence-corrected chi connectivity index (χ2v) is 10.9. The lowest BCUT2D eigenvalue weighted by atomic mass is 9.82. The van der Waals surface area contributed by atoms with E-state index in [0.717, 1.165) is 36.6 Å². The molecule has 3 aromatic carbocycles. The van der Waals surface area contributed by atoms with Crippen LogP contribution in [0.4, 0.5) is 0 Å². The molecule has 2 aliphatic carbocycles. The van der Waals surface area contributed by atoms with Crippen LogP contribution in [0.25, 0.3) is 44.5 Å². The quantitative estimate of drug-likeness (QED) is 0.241. The van der Waals surface area contributed by atoms with Crippen molar-refractivity contribution in [1.82, 2.24) is 9.97 Å². The van der Waals surface area contributed by atoms with E-state index in [4.69, 9.17) is 12.6 Å². The molecule has 0 amide bonds. The summed E-state index contributed by atoms with van der Waals surface area (Å²) < 4.78 is 54.2. The standard InChI is InChI=1S/C35H28N2O/c1-21-20-36-32(30-9-5-8-28-29-13-10-22(2)37-34(29)38-33(28)30)15-31(21)23-11-12-26-18-35(19-27(26)14-23)16-24-6-3-4-7-25(24)17-35/h3-15,20H,16-19H2,1-2H3/i1D3,2D3. The van der Waals surface area contributed by atoms with E-state index in [1.54, 1.807) is 6.07 Å². The van der Waals surface area contributed by atoms with Gasteiger partial charge < -0.3 is 4.42 Å². The minimum absolute atomic E-state index is 0.0343. The van der Waals surface area contributed by atoms with E-state index >= 15 is 0 Å². The van der Waals surface area contributed by atoms with Gasteiger partial charge in [0.05, 0.1) is 5.69 Å². The van der Waals surface area contributed by atoms with E-state index in [0.29, 0.717) is 27.8 Å². The van der Waals surface area contributed by atoms with Crippen molar-refractivity contribution in [2.45, 2.75) is 39.4 Å². The molecule has 184 valence electrons. The summed E-state index contributed by atoms with van der Waals surface area (Å²) in [7, 11) is 0. The molecular weight excluding hydrogens is 464 g/mol. The van der Waals surface area contributed by atoms with Crippen LogP contribution in [0.2, 0.25) is 0 Å². The second kappa shape index (κ2) is 7.88. The summed E-state index contributed by atoms with van der Waals surface area (Å²) in [5.41, 5.74) is 9.31. The van der Waals surface area contributed by atoms with Crippen molar-refractivity contribution in [3.8, 4) is 22.4 Å². The number of hydrogen-bond acceptors (Lipinski definition) is 3. The van der Waals surface area contributed by atoms with Gasteiger partial charge in [-0.1, -0.05) is 54.6 Å². The highest BCUT2D eigenvalue weighted by atomic mass is 16.3. The smallest absolute Gasteiger partial charge is 0.227 e. The van der Waals surface area contributed by atoms with Crippen LogP contribution in [0.15, 0.2) is 89.5 Å². The van der Waals surface area contributed by atoms with Crippen molar-refractivity contribution in [3.63, 3.8) is 0 Å². The van der Waals surface area contributed by atoms with Gasteiger partial charge in [0.25, 0.3) is 0 Å². The molecule has 38 heavy (non-hydrogen) atoms. The van der Waals surface area contributed by atoms with Gasteiger partial charge in [-0.2, -0.15) is 0 Å². The molecule has 0 saturated carbocycles. The third-order valence-electron chi connectivity index (χ3n) is 8.44. The van der Waals surface area contributed by atoms with Crippen molar-refractivity contribution in [2.24, 2.45) is 5.41 Å². The Kier molecular flexibility index (Phi) is 3.44. The summed E-state index contributed by atoms with van der Waals surface area (Å²) in [5.74, 6) is 0. The van der Waals surface area contributed by atoms with Gasteiger partial charge in [-0.15, -0.1) is 0 Å². The molecule has 0 radical (unpaired) electrons. The Morgan fingerprint density at radius 3 is 2.37 bits per heavy atom. The number of para-hydroxylation sites is 1. The normalized spacial score (nSPS) is 18.4. The van der Waals surface area contributed by atoms with Crippen LogP contribution in [0, 0.1) is 19.1 Å². The molecule has 0 saturated heterocycles. The number of rotatable bonds is 2. The predicted octanol–water partition coefficient (Wildman–Crippen LogP) is 8.21. The highest BCUT2D eigenvalue weighted by Crippen LogP contribution is 2.48. The van der Waals surface area contributed by atoms with Crippen molar-refractivity contribution < 1.29 is 12.6 Å². The summed E-state index contributed by atoms with van der Waals surface area (Å²) in [6.45, 7) is -4.70.